The second kappa shape index (κ2) is 8.14. The number of aromatic nitrogens is 1. The Morgan fingerprint density at radius 1 is 1.17 bits per heavy atom. The normalized spacial score (nSPS) is 20.5. The lowest BCUT2D eigenvalue weighted by Crippen LogP contribution is -2.47. The van der Waals surface area contributed by atoms with E-state index in [-0.39, 0.29) is 24.6 Å². The number of rotatable bonds is 3. The average molecular weight is 429 g/mol. The summed E-state index contributed by atoms with van der Waals surface area (Å²) < 4.78 is 11.5. The summed E-state index contributed by atoms with van der Waals surface area (Å²) in [7, 11) is 0. The van der Waals surface area contributed by atoms with Gasteiger partial charge in [-0.2, -0.15) is 0 Å². The fourth-order valence-electron chi connectivity index (χ4n) is 4.17. The predicted molar refractivity (Wildman–Crippen MR) is 112 cm³/mol. The van der Waals surface area contributed by atoms with E-state index in [2.05, 4.69) is 15.6 Å². The van der Waals surface area contributed by atoms with Gasteiger partial charge < -0.3 is 19.7 Å². The first-order valence-corrected chi connectivity index (χ1v) is 11.2. The maximum Gasteiger partial charge on any atom is 0.321 e. The van der Waals surface area contributed by atoms with Gasteiger partial charge in [0, 0.05) is 23.9 Å². The Bertz CT molecular complexity index is 956. The number of nitrogens with one attached hydrogen (secondary N) is 2. The van der Waals surface area contributed by atoms with Gasteiger partial charge in [0.15, 0.2) is 16.6 Å². The molecule has 2 N–H and O–H groups in total. The Morgan fingerprint density at radius 2 is 1.97 bits per heavy atom. The number of carbonyl (C=O) groups excluding carboxylic acids is 2. The molecule has 1 aliphatic carbocycles. The molecule has 30 heavy (non-hydrogen) atoms. The zero-order valence-corrected chi connectivity index (χ0v) is 17.4. The summed E-state index contributed by atoms with van der Waals surface area (Å²) in [5, 5.41) is 6.44. The maximum absolute atomic E-state index is 13.0. The van der Waals surface area contributed by atoms with Crippen molar-refractivity contribution in [1.29, 1.82) is 0 Å². The molecule has 0 spiro atoms. The summed E-state index contributed by atoms with van der Waals surface area (Å²) >= 11 is 1.43. The number of carbonyl (C=O) groups is 2. The molecule has 0 saturated heterocycles. The van der Waals surface area contributed by atoms with Crippen molar-refractivity contribution >= 4 is 28.4 Å². The molecule has 1 aromatic carbocycles. The van der Waals surface area contributed by atoms with Crippen LogP contribution < -0.4 is 20.1 Å². The van der Waals surface area contributed by atoms with Crippen molar-refractivity contribution in [3.63, 3.8) is 0 Å². The molecule has 5 rings (SSSR count). The van der Waals surface area contributed by atoms with E-state index in [1.54, 1.807) is 11.0 Å². The minimum atomic E-state index is -0.649. The van der Waals surface area contributed by atoms with Crippen molar-refractivity contribution < 1.29 is 19.1 Å². The van der Waals surface area contributed by atoms with Crippen LogP contribution in [-0.4, -0.2) is 47.1 Å². The first-order chi connectivity index (χ1) is 14.7. The van der Waals surface area contributed by atoms with Crippen LogP contribution in [0.1, 0.15) is 36.3 Å². The minimum absolute atomic E-state index is 0.0861. The molecule has 2 aromatic rings. The summed E-state index contributed by atoms with van der Waals surface area (Å²) in [6.45, 7) is 1.25. The molecule has 158 valence electrons. The smallest absolute Gasteiger partial charge is 0.321 e. The van der Waals surface area contributed by atoms with E-state index in [0.29, 0.717) is 36.1 Å². The van der Waals surface area contributed by atoms with Gasteiger partial charge in [0.05, 0.1) is 12.2 Å². The Labute approximate surface area is 178 Å². The molecule has 1 aromatic heterocycles. The highest BCUT2D eigenvalue weighted by molar-refractivity contribution is 7.15. The van der Waals surface area contributed by atoms with Gasteiger partial charge in [0.25, 0.3) is 5.91 Å². The molecule has 3 amide bonds. The Morgan fingerprint density at radius 3 is 2.80 bits per heavy atom. The SMILES string of the molecule is O=C(Nc1nc2c(s1)CN(C(=O)C1COc3ccccc3O1)CC2)NC1CCCC1. The fourth-order valence-corrected chi connectivity index (χ4v) is 5.19. The highest BCUT2D eigenvalue weighted by Crippen LogP contribution is 2.33. The Balaban J connectivity index is 1.20. The third kappa shape index (κ3) is 3.94. The number of benzene rings is 1. The molecule has 3 heterocycles. The molecule has 1 atom stereocenters. The van der Waals surface area contributed by atoms with Crippen LogP contribution in [0.3, 0.4) is 0 Å². The lowest BCUT2D eigenvalue weighted by Gasteiger charge is -2.32. The molecule has 9 heteroatoms. The van der Waals surface area contributed by atoms with Crippen LogP contribution in [0.2, 0.25) is 0 Å². The van der Waals surface area contributed by atoms with E-state index in [4.69, 9.17) is 9.47 Å². The average Bonchev–Trinajstić information content (AvgIpc) is 3.41. The summed E-state index contributed by atoms with van der Waals surface area (Å²) in [5.41, 5.74) is 0.950. The lowest BCUT2D eigenvalue weighted by molar-refractivity contribution is -0.142. The van der Waals surface area contributed by atoms with Gasteiger partial charge in [-0.3, -0.25) is 10.1 Å². The van der Waals surface area contributed by atoms with Crippen molar-refractivity contribution in [2.75, 3.05) is 18.5 Å². The number of urea groups is 1. The molecular formula is C21H24N4O4S. The number of anilines is 1. The number of fused-ring (bicyclic) bond motifs is 2. The third-order valence-electron chi connectivity index (χ3n) is 5.74. The van der Waals surface area contributed by atoms with Crippen molar-refractivity contribution in [1.82, 2.24) is 15.2 Å². The van der Waals surface area contributed by atoms with E-state index in [1.807, 2.05) is 18.2 Å². The van der Waals surface area contributed by atoms with E-state index < -0.39 is 6.10 Å². The van der Waals surface area contributed by atoms with Crippen LogP contribution in [0, 0.1) is 0 Å². The number of hydrogen-bond donors (Lipinski definition) is 2. The molecule has 1 fully saturated rings. The van der Waals surface area contributed by atoms with Crippen molar-refractivity contribution in [2.24, 2.45) is 0 Å². The van der Waals surface area contributed by atoms with Gasteiger partial charge >= 0.3 is 6.03 Å². The number of nitrogens with zero attached hydrogens (tertiary/aromatic N) is 2. The quantitative estimate of drug-likeness (QED) is 0.784. The zero-order valence-electron chi connectivity index (χ0n) is 16.6. The van der Waals surface area contributed by atoms with E-state index >= 15 is 0 Å². The van der Waals surface area contributed by atoms with Crippen molar-refractivity contribution in [3.8, 4) is 11.5 Å². The molecule has 1 unspecified atom stereocenters. The Kier molecular flexibility index (Phi) is 5.20. The summed E-state index contributed by atoms with van der Waals surface area (Å²) in [4.78, 5) is 32.5. The van der Waals surface area contributed by atoms with Gasteiger partial charge in [-0.15, -0.1) is 0 Å². The zero-order chi connectivity index (χ0) is 20.5. The summed E-state index contributed by atoms with van der Waals surface area (Å²) in [5.74, 6) is 1.17. The van der Waals surface area contributed by atoms with Crippen molar-refractivity contribution in [3.05, 3.63) is 34.8 Å². The highest BCUT2D eigenvalue weighted by Gasteiger charge is 2.33. The van der Waals surface area contributed by atoms with Gasteiger partial charge in [0.1, 0.15) is 6.61 Å². The number of ether oxygens (including phenoxy) is 2. The van der Waals surface area contributed by atoms with Crippen LogP contribution in [0.5, 0.6) is 11.5 Å². The van der Waals surface area contributed by atoms with E-state index in [0.717, 1.165) is 23.4 Å². The van der Waals surface area contributed by atoms with Gasteiger partial charge in [0.2, 0.25) is 6.10 Å². The van der Waals surface area contributed by atoms with Crippen LogP contribution in [-0.2, 0) is 17.8 Å². The van der Waals surface area contributed by atoms with Gasteiger partial charge in [-0.25, -0.2) is 9.78 Å². The van der Waals surface area contributed by atoms with Crippen molar-refractivity contribution in [2.45, 2.75) is 50.8 Å². The summed E-state index contributed by atoms with van der Waals surface area (Å²) in [6, 6.07) is 7.43. The number of para-hydroxylation sites is 2. The van der Waals surface area contributed by atoms with Gasteiger partial charge in [-0.05, 0) is 25.0 Å². The number of amides is 3. The molecule has 0 radical (unpaired) electrons. The lowest BCUT2D eigenvalue weighted by atomic mass is 10.1. The van der Waals surface area contributed by atoms with Crippen LogP contribution >= 0.6 is 11.3 Å². The van der Waals surface area contributed by atoms with E-state index in [9.17, 15) is 9.59 Å². The monoisotopic (exact) mass is 428 g/mol. The van der Waals surface area contributed by atoms with E-state index in [1.165, 1.54) is 24.2 Å². The second-order valence-electron chi connectivity index (χ2n) is 7.84. The maximum atomic E-state index is 13.0. The molecule has 1 saturated carbocycles. The van der Waals surface area contributed by atoms with Crippen LogP contribution in [0.25, 0.3) is 0 Å². The van der Waals surface area contributed by atoms with Crippen LogP contribution in [0.4, 0.5) is 9.93 Å². The first kappa shape index (κ1) is 19.2. The van der Waals surface area contributed by atoms with Gasteiger partial charge in [-0.1, -0.05) is 36.3 Å². The van der Waals surface area contributed by atoms with Crippen LogP contribution in [0.15, 0.2) is 24.3 Å². The standard InChI is InChI=1S/C21H24N4O4S/c26-19(17-12-28-15-7-3-4-8-16(15)29-17)25-10-9-14-18(11-25)30-21(23-14)24-20(27)22-13-5-1-2-6-13/h3-4,7-8,13,17H,1-2,5-6,9-12H2,(H2,22,23,24,27). The highest BCUT2D eigenvalue weighted by atomic mass is 32.1. The molecule has 2 aliphatic heterocycles. The summed E-state index contributed by atoms with van der Waals surface area (Å²) in [6.07, 6.45) is 4.42. The number of hydrogen-bond acceptors (Lipinski definition) is 6. The number of thiazole rings is 1. The molecule has 0 bridgehead atoms. The third-order valence-corrected chi connectivity index (χ3v) is 6.74. The second-order valence-corrected chi connectivity index (χ2v) is 8.93. The predicted octanol–water partition coefficient (Wildman–Crippen LogP) is 2.93. The largest absolute Gasteiger partial charge is 0.485 e. The first-order valence-electron chi connectivity index (χ1n) is 10.4. The fraction of sp³-hybridized carbons (Fsp3) is 0.476. The minimum Gasteiger partial charge on any atom is -0.485 e. The molecule has 8 nitrogen and oxygen atoms in total. The molecule has 3 aliphatic rings. The molecular weight excluding hydrogens is 404 g/mol. The Hall–Kier alpha value is -2.81. The topological polar surface area (TPSA) is 92.8 Å².